The zero-order valence-electron chi connectivity index (χ0n) is 6.57. The second-order valence-corrected chi connectivity index (χ2v) is 0. The minimum absolute atomic E-state index is 0. The van der Waals surface area contributed by atoms with Crippen LogP contribution in [0.15, 0.2) is 0 Å². The van der Waals surface area contributed by atoms with E-state index in [2.05, 4.69) is 140 Å². The molecule has 0 aromatic rings. The van der Waals surface area contributed by atoms with Crippen molar-refractivity contribution in [1.82, 2.24) is 0 Å². The van der Waals surface area contributed by atoms with Crippen LogP contribution in [0, 0.1) is 0 Å². The van der Waals surface area contributed by atoms with Gasteiger partial charge in [0.25, 0.3) is 0 Å². The molecule has 0 N–H and O–H groups in total. The molecule has 0 fully saturated rings. The predicted molar refractivity (Wildman–Crippen MR) is 97.1 cm³/mol. The molecule has 0 saturated heterocycles. The van der Waals surface area contributed by atoms with Gasteiger partial charge in [-0.15, -0.1) is 0 Å². The van der Waals surface area contributed by atoms with Gasteiger partial charge in [-0.1, -0.05) is 0 Å². The second-order valence-electron chi connectivity index (χ2n) is 0. The van der Waals surface area contributed by atoms with E-state index in [1.165, 1.54) is 0 Å². The Morgan fingerprint density at radius 3 is 0.250 bits per heavy atom. The van der Waals surface area contributed by atoms with Crippen molar-refractivity contribution in [3.05, 3.63) is 0 Å². The smallest absolute Gasteiger partial charge is 1.00 e. The molecule has 0 atom stereocenters. The van der Waals surface area contributed by atoms with E-state index in [9.17, 15) is 0 Å². The largest absolute Gasteiger partial charge is 2.00 e. The van der Waals surface area contributed by atoms with Crippen LogP contribution < -0.4 is 0 Å². The molecule has 0 bridgehead atoms. The standard InChI is InChI=1S/3Mo.6S2.H2S/c;;;6*1-2;/h;;;;;;;;;1H2/q3*+2;6*-2;/p-1. The normalized spacial score (nSPS) is 2.25. The SMILES string of the molecule is [Mo+2].[Mo+2].[Mo+2].[S-][S-].[S-][S-].[S-][S-].[S-][S-].[S-][S-].[S-][S-].[SH-]. The third-order valence-corrected chi connectivity index (χ3v) is 0. The number of thiol groups is 1. The van der Waals surface area contributed by atoms with E-state index in [0.29, 0.717) is 0 Å². The molecule has 0 aliphatic carbocycles. The summed E-state index contributed by atoms with van der Waals surface area (Å²) in [5, 5.41) is 0. The summed E-state index contributed by atoms with van der Waals surface area (Å²) >= 11 is 44.0. The van der Waals surface area contributed by atoms with Crippen molar-refractivity contribution in [3.8, 4) is 0 Å². The van der Waals surface area contributed by atoms with E-state index in [1.807, 2.05) is 0 Å². The molecule has 16 heavy (non-hydrogen) atoms. The molecule has 0 nitrogen and oxygen atoms in total. The molecular formula is HMo3S13-7. The third-order valence-electron chi connectivity index (χ3n) is 0. The van der Waals surface area contributed by atoms with E-state index < -0.39 is 0 Å². The van der Waals surface area contributed by atoms with Crippen molar-refractivity contribution >= 4 is 153 Å². The zero-order chi connectivity index (χ0) is 12.0. The van der Waals surface area contributed by atoms with Crippen LogP contribution in [0.3, 0.4) is 0 Å². The van der Waals surface area contributed by atoms with Gasteiger partial charge in [0.1, 0.15) is 0 Å². The maximum Gasteiger partial charge on any atom is 2.00 e. The zero-order valence-corrected chi connectivity index (χ0v) is 23.3. The Balaban J connectivity index is -0.00000000321. The molecule has 0 aromatic heterocycles. The Morgan fingerprint density at radius 1 is 0.250 bits per heavy atom. The molecule has 0 rings (SSSR count). The Hall–Kier alpha value is 6.61. The minimum Gasteiger partial charge on any atom is -1.00 e. The fourth-order valence-electron chi connectivity index (χ4n) is 0. The molecule has 0 heterocycles. The molecule has 104 valence electrons. The van der Waals surface area contributed by atoms with Gasteiger partial charge in [0, 0.05) is 0 Å². The van der Waals surface area contributed by atoms with Gasteiger partial charge >= 0.3 is 63.2 Å². The number of hydrogen-bond donors (Lipinski definition) is 0. The third kappa shape index (κ3) is 181. The molecule has 16 heteroatoms. The summed E-state index contributed by atoms with van der Waals surface area (Å²) in [6, 6.07) is 0. The fraction of sp³-hybridized carbons (Fsp3) is 0. The molecular weight excluding hydrogens is 705 g/mol. The molecule has 0 aliphatic rings. The summed E-state index contributed by atoms with van der Waals surface area (Å²) in [6.07, 6.45) is 0. The van der Waals surface area contributed by atoms with Crippen molar-refractivity contribution in [1.29, 1.82) is 0 Å². The quantitative estimate of drug-likeness (QED) is 0.140. The van der Waals surface area contributed by atoms with Crippen LogP contribution in [-0.2, 0) is 217 Å². The van der Waals surface area contributed by atoms with E-state index in [0.717, 1.165) is 0 Å². The minimum atomic E-state index is 0. The summed E-state index contributed by atoms with van der Waals surface area (Å²) in [7, 11) is 0. The van der Waals surface area contributed by atoms with Gasteiger partial charge in [0.2, 0.25) is 0 Å². The Bertz CT molecular complexity index is 11.1. The first kappa shape index (κ1) is 66.4. The van der Waals surface area contributed by atoms with Crippen LogP contribution in [0.1, 0.15) is 0 Å². The monoisotopic (exact) mass is 710 g/mol. The maximum absolute atomic E-state index is 3.67. The summed E-state index contributed by atoms with van der Waals surface area (Å²) in [5.74, 6) is 0. The van der Waals surface area contributed by atoms with Crippen LogP contribution in [0.4, 0.5) is 0 Å². The molecule has 0 unspecified atom stereocenters. The van der Waals surface area contributed by atoms with Crippen molar-refractivity contribution in [2.24, 2.45) is 0 Å². The summed E-state index contributed by atoms with van der Waals surface area (Å²) in [5.41, 5.74) is 0. The van der Waals surface area contributed by atoms with Gasteiger partial charge in [-0.2, -0.15) is 0 Å². The van der Waals surface area contributed by atoms with Crippen molar-refractivity contribution in [2.45, 2.75) is 0 Å². The molecule has 0 saturated carbocycles. The van der Waals surface area contributed by atoms with Crippen molar-refractivity contribution < 1.29 is 63.2 Å². The van der Waals surface area contributed by atoms with Gasteiger partial charge in [-0.05, 0) is 0 Å². The van der Waals surface area contributed by atoms with Gasteiger partial charge in [-0.3, -0.25) is 0 Å². The van der Waals surface area contributed by atoms with Gasteiger partial charge in [0.05, 0.1) is 0 Å². The molecule has 0 aromatic carbocycles. The Kier molecular flexibility index (Phi) is 871. The topological polar surface area (TPSA) is 0 Å². The maximum atomic E-state index is 3.67. The van der Waals surface area contributed by atoms with E-state index in [4.69, 9.17) is 0 Å². The first-order valence-electron chi connectivity index (χ1n) is 1.00. The fourth-order valence-corrected chi connectivity index (χ4v) is 0. The van der Waals surface area contributed by atoms with Crippen molar-refractivity contribution in [2.75, 3.05) is 0 Å². The van der Waals surface area contributed by atoms with E-state index in [1.54, 1.807) is 0 Å². The van der Waals surface area contributed by atoms with Crippen molar-refractivity contribution in [3.63, 3.8) is 0 Å². The molecule has 0 spiro atoms. The van der Waals surface area contributed by atoms with Gasteiger partial charge in [-0.25, -0.2) is 0 Å². The first-order valence-corrected chi connectivity index (χ1v) is 9.00. The number of hydrogen-bond acceptors (Lipinski definition) is 13. The van der Waals surface area contributed by atoms with Crippen LogP contribution in [0.5, 0.6) is 0 Å². The summed E-state index contributed by atoms with van der Waals surface area (Å²) in [4.78, 5) is 0. The van der Waals surface area contributed by atoms with E-state index >= 15 is 0 Å². The molecule has 0 aliphatic heterocycles. The van der Waals surface area contributed by atoms with Crippen LogP contribution in [0.2, 0.25) is 0 Å². The second kappa shape index (κ2) is 210. The molecule has 0 radical (unpaired) electrons. The average Bonchev–Trinajstić information content (AvgIpc) is 2.33. The summed E-state index contributed by atoms with van der Waals surface area (Å²) in [6.45, 7) is 0. The molecule has 0 amide bonds. The predicted octanol–water partition coefficient (Wildman–Crippen LogP) is -0.306. The Labute approximate surface area is 212 Å². The van der Waals surface area contributed by atoms with Gasteiger partial charge < -0.3 is 153 Å². The van der Waals surface area contributed by atoms with Crippen LogP contribution in [0.25, 0.3) is 0 Å². The van der Waals surface area contributed by atoms with Crippen LogP contribution >= 0.6 is 0 Å². The van der Waals surface area contributed by atoms with E-state index in [-0.39, 0.29) is 76.7 Å². The van der Waals surface area contributed by atoms with Gasteiger partial charge in [0.15, 0.2) is 0 Å². The average molecular weight is 706 g/mol. The first-order chi connectivity index (χ1) is 6.00. The van der Waals surface area contributed by atoms with Crippen LogP contribution in [-0.4, -0.2) is 0 Å². The number of rotatable bonds is 0. The Morgan fingerprint density at radius 2 is 0.250 bits per heavy atom. The summed E-state index contributed by atoms with van der Waals surface area (Å²) < 4.78 is 0.